The summed E-state index contributed by atoms with van der Waals surface area (Å²) in [4.78, 5) is 14.3. The van der Waals surface area contributed by atoms with Crippen LogP contribution in [-0.2, 0) is 4.79 Å². The van der Waals surface area contributed by atoms with E-state index < -0.39 is 6.04 Å². The Labute approximate surface area is 105 Å². The second kappa shape index (κ2) is 5.36. The first-order chi connectivity index (χ1) is 7.71. The molecule has 1 fully saturated rings. The SMILES string of the molecule is CC1CC(NC(=O)C(N)C(C)(C)C)CCN1C. The Morgan fingerprint density at radius 1 is 1.47 bits per heavy atom. The van der Waals surface area contributed by atoms with Gasteiger partial charge in [-0.1, -0.05) is 20.8 Å². The van der Waals surface area contributed by atoms with Crippen molar-refractivity contribution < 1.29 is 4.79 Å². The quantitative estimate of drug-likeness (QED) is 0.757. The zero-order valence-corrected chi connectivity index (χ0v) is 11.8. The van der Waals surface area contributed by atoms with Crippen molar-refractivity contribution in [3.05, 3.63) is 0 Å². The van der Waals surface area contributed by atoms with Gasteiger partial charge in [-0.05, 0) is 32.2 Å². The number of likely N-dealkylation sites (tertiary alicyclic amines) is 1. The van der Waals surface area contributed by atoms with Crippen LogP contribution in [0.15, 0.2) is 0 Å². The molecule has 0 aromatic heterocycles. The molecule has 1 saturated heterocycles. The molecule has 0 saturated carbocycles. The van der Waals surface area contributed by atoms with Crippen LogP contribution in [0.5, 0.6) is 0 Å². The largest absolute Gasteiger partial charge is 0.352 e. The van der Waals surface area contributed by atoms with E-state index >= 15 is 0 Å². The number of nitrogens with two attached hydrogens (primary N) is 1. The summed E-state index contributed by atoms with van der Waals surface area (Å²) in [6.45, 7) is 9.22. The van der Waals surface area contributed by atoms with E-state index in [1.165, 1.54) is 0 Å². The summed E-state index contributed by atoms with van der Waals surface area (Å²) in [7, 11) is 2.13. The van der Waals surface area contributed by atoms with Gasteiger partial charge in [0.25, 0.3) is 0 Å². The van der Waals surface area contributed by atoms with E-state index in [1.807, 2.05) is 20.8 Å². The second-order valence-corrected chi connectivity index (χ2v) is 6.40. The summed E-state index contributed by atoms with van der Waals surface area (Å²) < 4.78 is 0. The summed E-state index contributed by atoms with van der Waals surface area (Å²) >= 11 is 0. The highest BCUT2D eigenvalue weighted by Crippen LogP contribution is 2.19. The molecule has 1 aliphatic rings. The van der Waals surface area contributed by atoms with E-state index in [9.17, 15) is 4.79 Å². The monoisotopic (exact) mass is 241 g/mol. The minimum atomic E-state index is -0.433. The van der Waals surface area contributed by atoms with E-state index in [0.717, 1.165) is 19.4 Å². The van der Waals surface area contributed by atoms with Crippen LogP contribution in [0.4, 0.5) is 0 Å². The normalized spacial score (nSPS) is 28.8. The molecule has 3 N–H and O–H groups in total. The van der Waals surface area contributed by atoms with Gasteiger partial charge >= 0.3 is 0 Å². The Bertz CT molecular complexity index is 272. The average molecular weight is 241 g/mol. The van der Waals surface area contributed by atoms with Crippen LogP contribution >= 0.6 is 0 Å². The molecule has 1 heterocycles. The average Bonchev–Trinajstić information content (AvgIpc) is 2.21. The number of amides is 1. The molecule has 0 radical (unpaired) electrons. The Hall–Kier alpha value is -0.610. The molecule has 1 amide bonds. The first-order valence-corrected chi connectivity index (χ1v) is 6.48. The number of carbonyl (C=O) groups excluding carboxylic acids is 1. The number of rotatable bonds is 2. The lowest BCUT2D eigenvalue weighted by molar-refractivity contribution is -0.125. The summed E-state index contributed by atoms with van der Waals surface area (Å²) in [6, 6.07) is 0.375. The molecule has 0 aromatic rings. The number of carbonyl (C=O) groups is 1. The van der Waals surface area contributed by atoms with Gasteiger partial charge in [0.1, 0.15) is 0 Å². The molecule has 4 nitrogen and oxygen atoms in total. The lowest BCUT2D eigenvalue weighted by atomic mass is 9.86. The molecule has 0 aliphatic carbocycles. The predicted molar refractivity (Wildman–Crippen MR) is 70.7 cm³/mol. The minimum Gasteiger partial charge on any atom is -0.352 e. The summed E-state index contributed by atoms with van der Waals surface area (Å²) in [5, 5.41) is 3.09. The molecule has 3 atom stereocenters. The molecule has 1 aliphatic heterocycles. The summed E-state index contributed by atoms with van der Waals surface area (Å²) in [6.07, 6.45) is 2.03. The van der Waals surface area contributed by atoms with E-state index in [4.69, 9.17) is 5.73 Å². The zero-order chi connectivity index (χ0) is 13.2. The Morgan fingerprint density at radius 2 is 2.06 bits per heavy atom. The molecular weight excluding hydrogens is 214 g/mol. The highest BCUT2D eigenvalue weighted by Gasteiger charge is 2.30. The van der Waals surface area contributed by atoms with E-state index in [-0.39, 0.29) is 17.4 Å². The van der Waals surface area contributed by atoms with Crippen LogP contribution in [0, 0.1) is 5.41 Å². The van der Waals surface area contributed by atoms with Gasteiger partial charge in [0, 0.05) is 18.6 Å². The fourth-order valence-corrected chi connectivity index (χ4v) is 2.10. The lowest BCUT2D eigenvalue weighted by Gasteiger charge is -2.36. The molecular formula is C13H27N3O. The van der Waals surface area contributed by atoms with Crippen LogP contribution < -0.4 is 11.1 Å². The molecule has 100 valence electrons. The third-order valence-corrected chi connectivity index (χ3v) is 3.77. The number of nitrogens with zero attached hydrogens (tertiary/aromatic N) is 1. The molecule has 0 spiro atoms. The molecule has 4 heteroatoms. The maximum atomic E-state index is 12.0. The topological polar surface area (TPSA) is 58.4 Å². The summed E-state index contributed by atoms with van der Waals surface area (Å²) in [5.74, 6) is -0.0146. The van der Waals surface area contributed by atoms with E-state index in [1.54, 1.807) is 0 Å². The van der Waals surface area contributed by atoms with Crippen LogP contribution in [0.2, 0.25) is 0 Å². The number of hydrogen-bond donors (Lipinski definition) is 2. The van der Waals surface area contributed by atoms with Gasteiger partial charge in [-0.3, -0.25) is 4.79 Å². The maximum Gasteiger partial charge on any atom is 0.237 e. The van der Waals surface area contributed by atoms with Gasteiger partial charge in [-0.15, -0.1) is 0 Å². The van der Waals surface area contributed by atoms with Crippen molar-refractivity contribution in [1.29, 1.82) is 0 Å². The van der Waals surface area contributed by atoms with Crippen molar-refractivity contribution in [2.45, 2.75) is 58.7 Å². The molecule has 0 bridgehead atoms. The molecule has 17 heavy (non-hydrogen) atoms. The van der Waals surface area contributed by atoms with Crippen LogP contribution in [-0.4, -0.2) is 42.5 Å². The van der Waals surface area contributed by atoms with E-state index in [0.29, 0.717) is 6.04 Å². The number of nitrogens with one attached hydrogen (secondary N) is 1. The molecule has 1 rings (SSSR count). The van der Waals surface area contributed by atoms with Crippen molar-refractivity contribution in [2.24, 2.45) is 11.1 Å². The van der Waals surface area contributed by atoms with Crippen LogP contribution in [0.3, 0.4) is 0 Å². The van der Waals surface area contributed by atoms with Gasteiger partial charge in [0.2, 0.25) is 5.91 Å². The Morgan fingerprint density at radius 3 is 2.53 bits per heavy atom. The van der Waals surface area contributed by atoms with Crippen LogP contribution in [0.1, 0.15) is 40.5 Å². The highest BCUT2D eigenvalue weighted by molar-refractivity contribution is 5.82. The van der Waals surface area contributed by atoms with Crippen molar-refractivity contribution in [3.63, 3.8) is 0 Å². The van der Waals surface area contributed by atoms with Crippen molar-refractivity contribution >= 4 is 5.91 Å². The number of piperidine rings is 1. The third-order valence-electron chi connectivity index (χ3n) is 3.77. The van der Waals surface area contributed by atoms with Gasteiger partial charge in [-0.2, -0.15) is 0 Å². The highest BCUT2D eigenvalue weighted by atomic mass is 16.2. The molecule has 0 aromatic carbocycles. The zero-order valence-electron chi connectivity index (χ0n) is 11.8. The smallest absolute Gasteiger partial charge is 0.237 e. The second-order valence-electron chi connectivity index (χ2n) is 6.40. The summed E-state index contributed by atoms with van der Waals surface area (Å²) in [5.41, 5.74) is 5.77. The van der Waals surface area contributed by atoms with Crippen molar-refractivity contribution in [2.75, 3.05) is 13.6 Å². The third kappa shape index (κ3) is 3.96. The van der Waals surface area contributed by atoms with Gasteiger partial charge < -0.3 is 16.0 Å². The van der Waals surface area contributed by atoms with Crippen molar-refractivity contribution in [1.82, 2.24) is 10.2 Å². The predicted octanol–water partition coefficient (Wildman–Crippen LogP) is 0.959. The Kier molecular flexibility index (Phi) is 4.55. The fraction of sp³-hybridized carbons (Fsp3) is 0.923. The number of hydrogen-bond acceptors (Lipinski definition) is 3. The van der Waals surface area contributed by atoms with Crippen molar-refractivity contribution in [3.8, 4) is 0 Å². The van der Waals surface area contributed by atoms with Gasteiger partial charge in [-0.25, -0.2) is 0 Å². The minimum absolute atomic E-state index is 0.0146. The lowest BCUT2D eigenvalue weighted by Crippen LogP contribution is -2.54. The maximum absolute atomic E-state index is 12.0. The first kappa shape index (κ1) is 14.5. The Balaban J connectivity index is 2.47. The standard InChI is InChI=1S/C13H27N3O/c1-9-8-10(6-7-16(9)5)15-12(17)11(14)13(2,3)4/h9-11H,6-8,14H2,1-5H3,(H,15,17). The van der Waals surface area contributed by atoms with E-state index in [2.05, 4.69) is 24.2 Å². The van der Waals surface area contributed by atoms with Crippen LogP contribution in [0.25, 0.3) is 0 Å². The van der Waals surface area contributed by atoms with Gasteiger partial charge in [0.15, 0.2) is 0 Å². The first-order valence-electron chi connectivity index (χ1n) is 6.48. The fourth-order valence-electron chi connectivity index (χ4n) is 2.10. The van der Waals surface area contributed by atoms with Gasteiger partial charge in [0.05, 0.1) is 6.04 Å². The molecule has 3 unspecified atom stereocenters.